The summed E-state index contributed by atoms with van der Waals surface area (Å²) >= 11 is 0. The zero-order chi connectivity index (χ0) is 33.3. The highest BCUT2D eigenvalue weighted by atomic mass is 16.3. The number of benzene rings is 10. The second-order valence-electron chi connectivity index (χ2n) is 13.1. The van der Waals surface area contributed by atoms with E-state index < -0.39 is 12.2 Å². The minimum absolute atomic E-state index is 0.810. The number of hydrogen-bond acceptors (Lipinski definition) is 2. The zero-order valence-electron chi connectivity index (χ0n) is 26.9. The number of fused-ring (bicyclic) bond motifs is 1. The summed E-state index contributed by atoms with van der Waals surface area (Å²) in [5.74, 6) is 12.6. The molecule has 2 heteroatoms. The summed E-state index contributed by atoms with van der Waals surface area (Å²) in [6.45, 7) is 0. The van der Waals surface area contributed by atoms with Gasteiger partial charge in [-0.25, -0.2) is 0 Å². The molecule has 0 aliphatic rings. The summed E-state index contributed by atoms with van der Waals surface area (Å²) in [4.78, 5) is 0. The maximum atomic E-state index is 11.3. The SMILES string of the molecule is OC(C#Cc1ccc2ccc(C#CC(O)c3ccc4ccc5cccc6ccc3c4c56)cc2c1)c1ccc2ccc3cccc4ccc1c2c34. The lowest BCUT2D eigenvalue weighted by Crippen LogP contribution is -1.97. The van der Waals surface area contributed by atoms with Crippen LogP contribution >= 0.6 is 0 Å². The molecule has 0 bridgehead atoms. The molecular formula is C48H28O2. The third-order valence-electron chi connectivity index (χ3n) is 10.3. The van der Waals surface area contributed by atoms with Gasteiger partial charge in [-0.3, -0.25) is 0 Å². The van der Waals surface area contributed by atoms with Crippen molar-refractivity contribution in [3.63, 3.8) is 0 Å². The summed E-state index contributed by atoms with van der Waals surface area (Å²) in [6.07, 6.45) is -1.87. The van der Waals surface area contributed by atoms with Gasteiger partial charge in [-0.1, -0.05) is 145 Å². The van der Waals surface area contributed by atoms with Gasteiger partial charge in [0.25, 0.3) is 0 Å². The molecule has 10 rings (SSSR count). The van der Waals surface area contributed by atoms with Crippen LogP contribution in [0.5, 0.6) is 0 Å². The highest BCUT2D eigenvalue weighted by Crippen LogP contribution is 2.39. The van der Waals surface area contributed by atoms with E-state index in [0.717, 1.165) is 54.6 Å². The lowest BCUT2D eigenvalue weighted by atomic mass is 9.90. The Hall–Kier alpha value is -6.42. The average Bonchev–Trinajstić information content (AvgIpc) is 3.16. The minimum Gasteiger partial charge on any atom is -0.376 e. The third kappa shape index (κ3) is 4.48. The van der Waals surface area contributed by atoms with E-state index in [0.29, 0.717) is 0 Å². The van der Waals surface area contributed by atoms with Crippen LogP contribution in [-0.4, -0.2) is 10.2 Å². The smallest absolute Gasteiger partial charge is 0.141 e. The van der Waals surface area contributed by atoms with Crippen LogP contribution in [0.4, 0.5) is 0 Å². The molecule has 2 atom stereocenters. The Morgan fingerprint density at radius 3 is 1.14 bits per heavy atom. The minimum atomic E-state index is -0.936. The Morgan fingerprint density at radius 1 is 0.340 bits per heavy atom. The number of aliphatic hydroxyl groups excluding tert-OH is 2. The van der Waals surface area contributed by atoms with E-state index in [1.807, 2.05) is 48.5 Å². The summed E-state index contributed by atoms with van der Waals surface area (Å²) < 4.78 is 0. The second kappa shape index (κ2) is 11.1. The molecule has 2 nitrogen and oxygen atoms in total. The van der Waals surface area contributed by atoms with Gasteiger partial charge in [0.15, 0.2) is 0 Å². The van der Waals surface area contributed by atoms with Gasteiger partial charge in [-0.15, -0.1) is 0 Å². The van der Waals surface area contributed by atoms with E-state index in [1.54, 1.807) is 0 Å². The maximum absolute atomic E-state index is 11.3. The molecule has 232 valence electrons. The van der Waals surface area contributed by atoms with E-state index in [4.69, 9.17) is 0 Å². The first-order valence-electron chi connectivity index (χ1n) is 16.8. The van der Waals surface area contributed by atoms with Gasteiger partial charge in [0.05, 0.1) is 0 Å². The Morgan fingerprint density at radius 2 is 0.700 bits per heavy atom. The van der Waals surface area contributed by atoms with Crippen LogP contribution in [0.25, 0.3) is 75.4 Å². The predicted octanol–water partition coefficient (Wildman–Crippen LogP) is 10.8. The molecule has 0 aliphatic heterocycles. The van der Waals surface area contributed by atoms with Crippen molar-refractivity contribution in [1.29, 1.82) is 0 Å². The number of hydrogen-bond donors (Lipinski definition) is 2. The standard InChI is InChI=1S/C48H28O2/c49-43(39-21-17-36-15-13-32-3-1-5-34-19-23-41(39)47(36)45(32)34)25-9-29-7-11-31-12-8-30(28-38(31)27-29)10-26-44(50)40-22-18-37-16-14-33-4-2-6-35-20-24-42(40)48(37)46(33)35/h1-8,11-24,27-28,43-44,49-50H. The lowest BCUT2D eigenvalue weighted by Gasteiger charge is -2.15. The molecule has 2 N–H and O–H groups in total. The van der Waals surface area contributed by atoms with Gasteiger partial charge in [0.2, 0.25) is 0 Å². The summed E-state index contributed by atoms with van der Waals surface area (Å²) in [5, 5.41) is 38.6. The van der Waals surface area contributed by atoms with Crippen molar-refractivity contribution in [2.45, 2.75) is 12.2 Å². The van der Waals surface area contributed by atoms with Gasteiger partial charge >= 0.3 is 0 Å². The fourth-order valence-corrected chi connectivity index (χ4v) is 7.85. The van der Waals surface area contributed by atoms with Crippen LogP contribution in [0, 0.1) is 23.7 Å². The van der Waals surface area contributed by atoms with E-state index in [1.165, 1.54) is 43.1 Å². The highest BCUT2D eigenvalue weighted by molar-refractivity contribution is 6.24. The van der Waals surface area contributed by atoms with Crippen LogP contribution in [0.1, 0.15) is 34.5 Å². The van der Waals surface area contributed by atoms with E-state index in [9.17, 15) is 10.2 Å². The number of aliphatic hydroxyl groups is 2. The van der Waals surface area contributed by atoms with E-state index in [2.05, 4.69) is 121 Å². The van der Waals surface area contributed by atoms with Crippen molar-refractivity contribution in [2.24, 2.45) is 0 Å². The summed E-state index contributed by atoms with van der Waals surface area (Å²) in [5.41, 5.74) is 3.25. The predicted molar refractivity (Wildman–Crippen MR) is 208 cm³/mol. The van der Waals surface area contributed by atoms with E-state index >= 15 is 0 Å². The van der Waals surface area contributed by atoms with Crippen molar-refractivity contribution in [3.8, 4) is 23.7 Å². The first kappa shape index (κ1) is 28.6. The molecule has 10 aromatic rings. The molecule has 0 heterocycles. The first-order chi connectivity index (χ1) is 24.6. The van der Waals surface area contributed by atoms with Gasteiger partial charge in [0.1, 0.15) is 12.2 Å². The molecule has 0 aliphatic carbocycles. The average molecular weight is 637 g/mol. The van der Waals surface area contributed by atoms with Crippen molar-refractivity contribution in [2.75, 3.05) is 0 Å². The maximum Gasteiger partial charge on any atom is 0.141 e. The van der Waals surface area contributed by atoms with Crippen molar-refractivity contribution >= 4 is 75.4 Å². The Balaban J connectivity index is 0.962. The highest BCUT2D eigenvalue weighted by Gasteiger charge is 2.16. The van der Waals surface area contributed by atoms with Crippen LogP contribution in [0.3, 0.4) is 0 Å². The first-order valence-corrected chi connectivity index (χ1v) is 16.8. The van der Waals surface area contributed by atoms with E-state index in [-0.39, 0.29) is 0 Å². The molecule has 0 aromatic heterocycles. The topological polar surface area (TPSA) is 40.5 Å². The fourth-order valence-electron chi connectivity index (χ4n) is 7.85. The normalized spacial score (nSPS) is 12.9. The molecule has 0 saturated carbocycles. The molecular weight excluding hydrogens is 609 g/mol. The monoisotopic (exact) mass is 636 g/mol. The van der Waals surface area contributed by atoms with Crippen LogP contribution < -0.4 is 0 Å². The largest absolute Gasteiger partial charge is 0.376 e. The summed E-state index contributed by atoms with van der Waals surface area (Å²) in [6, 6.07) is 50.0. The molecule has 0 saturated heterocycles. The molecule has 50 heavy (non-hydrogen) atoms. The van der Waals surface area contributed by atoms with Crippen LogP contribution in [-0.2, 0) is 0 Å². The second-order valence-corrected chi connectivity index (χ2v) is 13.1. The van der Waals surface area contributed by atoms with Crippen molar-refractivity contribution < 1.29 is 10.2 Å². The molecule has 10 aromatic carbocycles. The lowest BCUT2D eigenvalue weighted by molar-refractivity contribution is 0.239. The van der Waals surface area contributed by atoms with Gasteiger partial charge < -0.3 is 10.2 Å². The number of rotatable bonds is 2. The van der Waals surface area contributed by atoms with Gasteiger partial charge in [0, 0.05) is 22.3 Å². The molecule has 0 radical (unpaired) electrons. The van der Waals surface area contributed by atoms with Crippen molar-refractivity contribution in [1.82, 2.24) is 0 Å². The van der Waals surface area contributed by atoms with Gasteiger partial charge in [-0.05, 0) is 99.7 Å². The third-order valence-corrected chi connectivity index (χ3v) is 10.3. The Kier molecular flexibility index (Phi) is 6.32. The summed E-state index contributed by atoms with van der Waals surface area (Å²) in [7, 11) is 0. The van der Waals surface area contributed by atoms with Crippen molar-refractivity contribution in [3.05, 3.63) is 168 Å². The molecule has 0 spiro atoms. The zero-order valence-corrected chi connectivity index (χ0v) is 26.9. The molecule has 2 unspecified atom stereocenters. The molecule has 0 fully saturated rings. The van der Waals surface area contributed by atoms with Crippen LogP contribution in [0.15, 0.2) is 146 Å². The Labute approximate surface area is 288 Å². The van der Waals surface area contributed by atoms with Gasteiger partial charge in [-0.2, -0.15) is 0 Å². The fraction of sp³-hybridized carbons (Fsp3) is 0.0417. The van der Waals surface area contributed by atoms with Crippen LogP contribution in [0.2, 0.25) is 0 Å². The molecule has 0 amide bonds. The Bertz CT molecular complexity index is 2850. The quantitative estimate of drug-likeness (QED) is 0.146.